The number of carbonyl (C=O) groups is 2. The van der Waals surface area contributed by atoms with Gasteiger partial charge in [0.15, 0.2) is 0 Å². The molecule has 10 heteroatoms. The lowest BCUT2D eigenvalue weighted by atomic mass is 10.1. The Kier molecular flexibility index (Phi) is 9.32. The number of hydrogen-bond donors (Lipinski definition) is 1. The summed E-state index contributed by atoms with van der Waals surface area (Å²) in [5.74, 6) is -0.147. The minimum atomic E-state index is -3.67. The molecule has 0 aromatic heterocycles. The Bertz CT molecular complexity index is 958. The molecule has 190 valence electrons. The highest BCUT2D eigenvalue weighted by molar-refractivity contribution is 7.89. The number of likely N-dealkylation sites (N-methyl/N-ethyl adjacent to an activating group) is 1. The van der Waals surface area contributed by atoms with Gasteiger partial charge in [0, 0.05) is 64.6 Å². The first-order valence-electron chi connectivity index (χ1n) is 12.5. The van der Waals surface area contributed by atoms with Crippen molar-refractivity contribution in [2.75, 3.05) is 70.3 Å². The fourth-order valence-electron chi connectivity index (χ4n) is 4.75. The first kappa shape index (κ1) is 26.4. The summed E-state index contributed by atoms with van der Waals surface area (Å²) >= 11 is 0. The van der Waals surface area contributed by atoms with Crippen LogP contribution < -0.4 is 10.2 Å². The van der Waals surface area contributed by atoms with E-state index in [-0.39, 0.29) is 16.7 Å². The van der Waals surface area contributed by atoms with Crippen LogP contribution in [0.1, 0.15) is 50.4 Å². The average Bonchev–Trinajstić information content (AvgIpc) is 3.26. The fourth-order valence-corrected chi connectivity index (χ4v) is 6.24. The minimum absolute atomic E-state index is 0.00657. The Morgan fingerprint density at radius 1 is 0.941 bits per heavy atom. The monoisotopic (exact) mass is 493 g/mol. The van der Waals surface area contributed by atoms with Crippen LogP contribution in [0, 0.1) is 0 Å². The molecule has 0 spiro atoms. The molecule has 0 radical (unpaired) electrons. The van der Waals surface area contributed by atoms with E-state index >= 15 is 0 Å². The molecule has 2 heterocycles. The number of nitrogens with zero attached hydrogens (tertiary/aromatic N) is 4. The zero-order valence-corrected chi connectivity index (χ0v) is 21.6. The number of carbonyl (C=O) groups excluding carboxylic acids is 2. The predicted octanol–water partition coefficient (Wildman–Crippen LogP) is 1.60. The molecule has 0 bridgehead atoms. The van der Waals surface area contributed by atoms with E-state index in [2.05, 4.69) is 15.1 Å². The Balaban J connectivity index is 1.87. The second-order valence-corrected chi connectivity index (χ2v) is 10.8. The molecule has 0 atom stereocenters. The normalized spacial score (nSPS) is 17.8. The summed E-state index contributed by atoms with van der Waals surface area (Å²) in [6.45, 7) is 11.4. The van der Waals surface area contributed by atoms with E-state index in [1.165, 1.54) is 4.31 Å². The summed E-state index contributed by atoms with van der Waals surface area (Å²) < 4.78 is 27.8. The van der Waals surface area contributed by atoms with Crippen LogP contribution in [-0.2, 0) is 14.8 Å². The van der Waals surface area contributed by atoms with Gasteiger partial charge in [-0.2, -0.15) is 4.31 Å². The second kappa shape index (κ2) is 12.0. The van der Waals surface area contributed by atoms with Crippen molar-refractivity contribution in [1.29, 1.82) is 0 Å². The van der Waals surface area contributed by atoms with Crippen molar-refractivity contribution < 1.29 is 18.0 Å². The number of hydrogen-bond acceptors (Lipinski definition) is 6. The molecular formula is C24H39N5O4S. The molecule has 2 fully saturated rings. The number of benzene rings is 1. The second-order valence-electron chi connectivity index (χ2n) is 8.84. The van der Waals surface area contributed by atoms with E-state index in [1.807, 2.05) is 20.8 Å². The maximum absolute atomic E-state index is 13.7. The van der Waals surface area contributed by atoms with Crippen molar-refractivity contribution in [1.82, 2.24) is 19.4 Å². The molecule has 9 nitrogen and oxygen atoms in total. The van der Waals surface area contributed by atoms with E-state index in [9.17, 15) is 18.0 Å². The molecule has 2 saturated heterocycles. The maximum Gasteiger partial charge on any atom is 0.256 e. The zero-order chi connectivity index (χ0) is 24.7. The molecule has 0 aliphatic carbocycles. The molecule has 1 aromatic rings. The van der Waals surface area contributed by atoms with E-state index in [4.69, 9.17) is 0 Å². The van der Waals surface area contributed by atoms with Gasteiger partial charge in [-0.15, -0.1) is 0 Å². The number of nitrogens with one attached hydrogen (secondary N) is 1. The summed E-state index contributed by atoms with van der Waals surface area (Å²) in [5, 5.41) is 2.82. The molecule has 34 heavy (non-hydrogen) atoms. The largest absolute Gasteiger partial charge is 0.371 e. The van der Waals surface area contributed by atoms with Crippen molar-refractivity contribution in [3.63, 3.8) is 0 Å². The fraction of sp³-hybridized carbons (Fsp3) is 0.667. The van der Waals surface area contributed by atoms with Gasteiger partial charge in [-0.1, -0.05) is 13.8 Å². The van der Waals surface area contributed by atoms with Crippen LogP contribution in [0.4, 0.5) is 5.69 Å². The van der Waals surface area contributed by atoms with Crippen LogP contribution in [0.15, 0.2) is 23.1 Å². The quantitative estimate of drug-likeness (QED) is 0.562. The van der Waals surface area contributed by atoms with Crippen LogP contribution >= 0.6 is 0 Å². The zero-order valence-electron chi connectivity index (χ0n) is 20.8. The Labute approximate surface area is 204 Å². The van der Waals surface area contributed by atoms with E-state index in [1.54, 1.807) is 23.1 Å². The summed E-state index contributed by atoms with van der Waals surface area (Å²) in [7, 11) is -3.67. The lowest BCUT2D eigenvalue weighted by Crippen LogP contribution is -2.40. The highest BCUT2D eigenvalue weighted by Gasteiger charge is 2.29. The van der Waals surface area contributed by atoms with Gasteiger partial charge in [-0.3, -0.25) is 14.5 Å². The Morgan fingerprint density at radius 2 is 1.65 bits per heavy atom. The molecular weight excluding hydrogens is 454 g/mol. The lowest BCUT2D eigenvalue weighted by molar-refractivity contribution is -0.122. The molecule has 0 saturated carbocycles. The molecule has 2 aliphatic heterocycles. The SMILES string of the molecule is CCNC(=O)CN1CCCN(C(=O)c2cc(S(=O)(=O)N(CC)CC)ccc2N2CCCC2)CC1. The molecule has 3 rings (SSSR count). The summed E-state index contributed by atoms with van der Waals surface area (Å²) in [6.07, 6.45) is 2.89. The Hall–Kier alpha value is -2.17. The van der Waals surface area contributed by atoms with Gasteiger partial charge in [0.2, 0.25) is 15.9 Å². The summed E-state index contributed by atoms with van der Waals surface area (Å²) in [4.78, 5) is 32.0. The van der Waals surface area contributed by atoms with Crippen LogP contribution in [-0.4, -0.2) is 99.8 Å². The smallest absolute Gasteiger partial charge is 0.256 e. The van der Waals surface area contributed by atoms with Gasteiger partial charge in [0.1, 0.15) is 0 Å². The van der Waals surface area contributed by atoms with Crippen molar-refractivity contribution in [3.8, 4) is 0 Å². The van der Waals surface area contributed by atoms with Gasteiger partial charge in [0.25, 0.3) is 5.91 Å². The standard InChI is InChI=1S/C24H39N5O4S/c1-4-25-23(30)19-26-12-9-15-28(17-16-26)24(31)21-18-20(34(32,33)29(5-2)6-3)10-11-22(21)27-13-7-8-14-27/h10-11,18H,4-9,12-17,19H2,1-3H3,(H,25,30). The molecule has 1 aromatic carbocycles. The van der Waals surface area contributed by atoms with Gasteiger partial charge < -0.3 is 15.1 Å². The van der Waals surface area contributed by atoms with Crippen molar-refractivity contribution in [2.45, 2.75) is 44.9 Å². The van der Waals surface area contributed by atoms with Crippen molar-refractivity contribution in [2.24, 2.45) is 0 Å². The number of sulfonamides is 1. The third-order valence-electron chi connectivity index (χ3n) is 6.61. The highest BCUT2D eigenvalue weighted by atomic mass is 32.2. The third kappa shape index (κ3) is 6.09. The summed E-state index contributed by atoms with van der Waals surface area (Å²) in [5.41, 5.74) is 1.26. The van der Waals surface area contributed by atoms with Crippen LogP contribution in [0.3, 0.4) is 0 Å². The molecule has 1 N–H and O–H groups in total. The van der Waals surface area contributed by atoms with Crippen LogP contribution in [0.2, 0.25) is 0 Å². The first-order valence-corrected chi connectivity index (χ1v) is 13.9. The average molecular weight is 494 g/mol. The van der Waals surface area contributed by atoms with Crippen LogP contribution in [0.5, 0.6) is 0 Å². The molecule has 2 aliphatic rings. The number of rotatable bonds is 9. The highest BCUT2D eigenvalue weighted by Crippen LogP contribution is 2.30. The predicted molar refractivity (Wildman–Crippen MR) is 134 cm³/mol. The van der Waals surface area contributed by atoms with Gasteiger partial charge in [-0.25, -0.2) is 8.42 Å². The third-order valence-corrected chi connectivity index (χ3v) is 8.65. The maximum atomic E-state index is 13.7. The van der Waals surface area contributed by atoms with Crippen molar-refractivity contribution >= 4 is 27.5 Å². The van der Waals surface area contributed by atoms with Crippen molar-refractivity contribution in [3.05, 3.63) is 23.8 Å². The van der Waals surface area contributed by atoms with E-state index in [0.717, 1.165) is 44.6 Å². The molecule has 2 amide bonds. The Morgan fingerprint density at radius 3 is 2.29 bits per heavy atom. The first-order chi connectivity index (χ1) is 16.3. The van der Waals surface area contributed by atoms with Gasteiger partial charge in [-0.05, 0) is 44.4 Å². The van der Waals surface area contributed by atoms with E-state index < -0.39 is 10.0 Å². The van der Waals surface area contributed by atoms with Crippen LogP contribution in [0.25, 0.3) is 0 Å². The topological polar surface area (TPSA) is 93.3 Å². The number of amides is 2. The summed E-state index contributed by atoms with van der Waals surface area (Å²) in [6, 6.07) is 5.00. The number of anilines is 1. The van der Waals surface area contributed by atoms with Gasteiger partial charge in [0.05, 0.1) is 17.0 Å². The lowest BCUT2D eigenvalue weighted by Gasteiger charge is -2.27. The van der Waals surface area contributed by atoms with E-state index in [0.29, 0.717) is 51.4 Å². The van der Waals surface area contributed by atoms with Gasteiger partial charge >= 0.3 is 0 Å². The molecule has 0 unspecified atom stereocenters. The minimum Gasteiger partial charge on any atom is -0.371 e.